The Labute approximate surface area is 44.5 Å². The fourth-order valence-electron chi connectivity index (χ4n) is 0.803. The van der Waals surface area contributed by atoms with Crippen molar-refractivity contribution in [3.05, 3.63) is 6.92 Å². The SMILES string of the molecule is [CH2]CC1=NCCC1. The molecule has 0 amide bonds. The van der Waals surface area contributed by atoms with Crippen LogP contribution in [0.2, 0.25) is 0 Å². The minimum Gasteiger partial charge on any atom is -0.294 e. The molecule has 1 heterocycles. The Morgan fingerprint density at radius 1 is 1.71 bits per heavy atom. The van der Waals surface area contributed by atoms with Gasteiger partial charge in [-0.1, -0.05) is 0 Å². The van der Waals surface area contributed by atoms with Crippen LogP contribution in [0, 0.1) is 6.92 Å². The van der Waals surface area contributed by atoms with E-state index in [9.17, 15) is 0 Å². The van der Waals surface area contributed by atoms with Crippen LogP contribution in [0.15, 0.2) is 4.99 Å². The van der Waals surface area contributed by atoms with Crippen molar-refractivity contribution in [1.82, 2.24) is 0 Å². The quantitative estimate of drug-likeness (QED) is 0.468. The van der Waals surface area contributed by atoms with Gasteiger partial charge in [0.05, 0.1) is 0 Å². The molecule has 0 atom stereocenters. The zero-order valence-electron chi connectivity index (χ0n) is 4.48. The Balaban J connectivity index is 2.36. The van der Waals surface area contributed by atoms with Crippen LogP contribution >= 0.6 is 0 Å². The summed E-state index contributed by atoms with van der Waals surface area (Å²) in [6.07, 6.45) is 3.37. The first kappa shape index (κ1) is 4.82. The smallest absolute Gasteiger partial charge is 0.0392 e. The van der Waals surface area contributed by atoms with Crippen molar-refractivity contribution in [1.29, 1.82) is 0 Å². The summed E-state index contributed by atoms with van der Waals surface area (Å²) in [7, 11) is 0. The van der Waals surface area contributed by atoms with Crippen LogP contribution in [0.3, 0.4) is 0 Å². The van der Waals surface area contributed by atoms with Gasteiger partial charge in [-0.05, 0) is 26.2 Å². The monoisotopic (exact) mass is 96.1 g/mol. The summed E-state index contributed by atoms with van der Waals surface area (Å²) in [5, 5.41) is 0. The summed E-state index contributed by atoms with van der Waals surface area (Å²) in [5.41, 5.74) is 1.31. The van der Waals surface area contributed by atoms with Crippen LogP contribution in [0.1, 0.15) is 19.3 Å². The average molecular weight is 96.2 g/mol. The van der Waals surface area contributed by atoms with Gasteiger partial charge in [-0.25, -0.2) is 0 Å². The van der Waals surface area contributed by atoms with Gasteiger partial charge in [0.1, 0.15) is 0 Å². The first-order valence-electron chi connectivity index (χ1n) is 2.75. The van der Waals surface area contributed by atoms with Crippen LogP contribution in [0.5, 0.6) is 0 Å². The van der Waals surface area contributed by atoms with Crippen molar-refractivity contribution in [3.8, 4) is 0 Å². The maximum atomic E-state index is 4.21. The van der Waals surface area contributed by atoms with E-state index in [-0.39, 0.29) is 0 Å². The Morgan fingerprint density at radius 2 is 2.57 bits per heavy atom. The first-order valence-corrected chi connectivity index (χ1v) is 2.75. The summed E-state index contributed by atoms with van der Waals surface area (Å²) in [5.74, 6) is 0. The molecule has 1 aliphatic rings. The van der Waals surface area contributed by atoms with Gasteiger partial charge >= 0.3 is 0 Å². The zero-order valence-corrected chi connectivity index (χ0v) is 4.48. The predicted octanol–water partition coefficient (Wildman–Crippen LogP) is 1.45. The predicted molar refractivity (Wildman–Crippen MR) is 31.5 cm³/mol. The van der Waals surface area contributed by atoms with Crippen LogP contribution in [-0.2, 0) is 0 Å². The molecule has 0 saturated carbocycles. The highest BCUT2D eigenvalue weighted by molar-refractivity contribution is 5.86. The Hall–Kier alpha value is -0.330. The molecule has 0 aliphatic carbocycles. The second-order valence-corrected chi connectivity index (χ2v) is 1.80. The van der Waals surface area contributed by atoms with Gasteiger partial charge in [0.2, 0.25) is 0 Å². The third-order valence-electron chi connectivity index (χ3n) is 1.25. The van der Waals surface area contributed by atoms with Gasteiger partial charge in [-0.3, -0.25) is 4.99 Å². The number of aliphatic imine (C=N–C) groups is 1. The van der Waals surface area contributed by atoms with Crippen molar-refractivity contribution in [2.45, 2.75) is 19.3 Å². The molecular weight excluding hydrogens is 86.1 g/mol. The Kier molecular flexibility index (Phi) is 1.45. The molecule has 1 rings (SSSR count). The van der Waals surface area contributed by atoms with Crippen LogP contribution < -0.4 is 0 Å². The van der Waals surface area contributed by atoms with Crippen molar-refractivity contribution in [3.63, 3.8) is 0 Å². The summed E-state index contributed by atoms with van der Waals surface area (Å²) >= 11 is 0. The van der Waals surface area contributed by atoms with E-state index in [0.717, 1.165) is 13.0 Å². The standard InChI is InChI=1S/C6H10N/c1-2-6-4-3-5-7-6/h1-5H2. The van der Waals surface area contributed by atoms with E-state index in [2.05, 4.69) is 11.9 Å². The topological polar surface area (TPSA) is 12.4 Å². The second-order valence-electron chi connectivity index (χ2n) is 1.80. The van der Waals surface area contributed by atoms with Crippen molar-refractivity contribution >= 4 is 5.71 Å². The number of hydrogen-bond acceptors (Lipinski definition) is 1. The van der Waals surface area contributed by atoms with E-state index >= 15 is 0 Å². The van der Waals surface area contributed by atoms with Crippen LogP contribution in [-0.4, -0.2) is 12.3 Å². The van der Waals surface area contributed by atoms with Crippen molar-refractivity contribution in [2.75, 3.05) is 6.54 Å². The lowest BCUT2D eigenvalue weighted by molar-refractivity contribution is 0.949. The molecule has 0 saturated heterocycles. The molecule has 0 aromatic carbocycles. The highest BCUT2D eigenvalue weighted by Gasteiger charge is 2.00. The average Bonchev–Trinajstić information content (AvgIpc) is 2.14. The third-order valence-corrected chi connectivity index (χ3v) is 1.25. The lowest BCUT2D eigenvalue weighted by Crippen LogP contribution is -1.86. The van der Waals surface area contributed by atoms with Crippen molar-refractivity contribution in [2.24, 2.45) is 4.99 Å². The van der Waals surface area contributed by atoms with Gasteiger partial charge in [0.25, 0.3) is 0 Å². The molecular formula is C6H10N. The molecule has 0 spiro atoms. The minimum absolute atomic E-state index is 0.917. The molecule has 0 bridgehead atoms. The van der Waals surface area contributed by atoms with E-state index in [4.69, 9.17) is 0 Å². The molecule has 39 valence electrons. The highest BCUT2D eigenvalue weighted by atomic mass is 14.8. The zero-order chi connectivity index (χ0) is 5.11. The molecule has 0 aromatic heterocycles. The first-order chi connectivity index (χ1) is 3.43. The lowest BCUT2D eigenvalue weighted by Gasteiger charge is -1.86. The maximum Gasteiger partial charge on any atom is 0.0392 e. The molecule has 0 N–H and O–H groups in total. The fourth-order valence-corrected chi connectivity index (χ4v) is 0.803. The van der Waals surface area contributed by atoms with E-state index < -0.39 is 0 Å². The largest absolute Gasteiger partial charge is 0.294 e. The molecule has 0 aromatic rings. The Bertz CT molecular complexity index is 84.2. The number of rotatable bonds is 1. The van der Waals surface area contributed by atoms with Gasteiger partial charge < -0.3 is 0 Å². The van der Waals surface area contributed by atoms with Gasteiger partial charge in [-0.15, -0.1) is 0 Å². The van der Waals surface area contributed by atoms with Crippen molar-refractivity contribution < 1.29 is 0 Å². The summed E-state index contributed by atoms with van der Waals surface area (Å²) in [6.45, 7) is 4.78. The highest BCUT2D eigenvalue weighted by Crippen LogP contribution is 2.04. The van der Waals surface area contributed by atoms with Gasteiger partial charge in [-0.2, -0.15) is 0 Å². The molecule has 1 aliphatic heterocycles. The molecule has 1 radical (unpaired) electrons. The number of hydrogen-bond donors (Lipinski definition) is 0. The minimum atomic E-state index is 0.917. The fraction of sp³-hybridized carbons (Fsp3) is 0.667. The van der Waals surface area contributed by atoms with E-state index in [1.165, 1.54) is 18.6 Å². The Morgan fingerprint density at radius 3 is 2.86 bits per heavy atom. The van der Waals surface area contributed by atoms with Crippen LogP contribution in [0.4, 0.5) is 0 Å². The second kappa shape index (κ2) is 2.10. The molecule has 7 heavy (non-hydrogen) atoms. The lowest BCUT2D eigenvalue weighted by atomic mass is 10.2. The molecule has 0 unspecified atom stereocenters. The van der Waals surface area contributed by atoms with Gasteiger partial charge in [0, 0.05) is 12.3 Å². The summed E-state index contributed by atoms with van der Waals surface area (Å²) in [4.78, 5) is 4.21. The molecule has 0 fully saturated rings. The van der Waals surface area contributed by atoms with E-state index in [0.29, 0.717) is 0 Å². The van der Waals surface area contributed by atoms with Crippen LogP contribution in [0.25, 0.3) is 0 Å². The van der Waals surface area contributed by atoms with E-state index in [1.807, 2.05) is 0 Å². The maximum absolute atomic E-state index is 4.21. The molecule has 1 nitrogen and oxygen atoms in total. The summed E-state index contributed by atoms with van der Waals surface area (Å²) in [6, 6.07) is 0. The molecule has 1 heteroatoms. The third kappa shape index (κ3) is 1.02. The van der Waals surface area contributed by atoms with Gasteiger partial charge in [0.15, 0.2) is 0 Å². The van der Waals surface area contributed by atoms with E-state index in [1.54, 1.807) is 0 Å². The number of nitrogens with zero attached hydrogens (tertiary/aromatic N) is 1. The summed E-state index contributed by atoms with van der Waals surface area (Å²) < 4.78 is 0. The normalized spacial score (nSPS) is 19.9.